The Morgan fingerprint density at radius 2 is 1.89 bits per heavy atom. The molecule has 0 saturated heterocycles. The molecule has 0 radical (unpaired) electrons. The topological polar surface area (TPSA) is 49.4 Å². The summed E-state index contributed by atoms with van der Waals surface area (Å²) in [6.07, 6.45) is 0.323. The zero-order valence-electron chi connectivity index (χ0n) is 15.6. The molecule has 6 heteroatoms. The van der Waals surface area contributed by atoms with Gasteiger partial charge >= 0.3 is 0 Å². The predicted octanol–water partition coefficient (Wildman–Crippen LogP) is 3.62. The summed E-state index contributed by atoms with van der Waals surface area (Å²) in [4.78, 5) is 27.0. The smallest absolute Gasteiger partial charge is 0.251 e. The van der Waals surface area contributed by atoms with Gasteiger partial charge in [0.2, 0.25) is 5.91 Å². The fraction of sp³-hybridized carbons (Fsp3) is 0.333. The van der Waals surface area contributed by atoms with Gasteiger partial charge < -0.3 is 10.2 Å². The monoisotopic (exact) mass is 372 g/mol. The van der Waals surface area contributed by atoms with E-state index in [2.05, 4.69) is 5.32 Å². The molecule has 3 rings (SSSR count). The maximum absolute atomic E-state index is 14.0. The number of aryl methyl sites for hydroxylation is 1. The number of nitrogens with one attached hydrogen (secondary N) is 1. The van der Waals surface area contributed by atoms with Crippen LogP contribution < -0.4 is 10.2 Å². The van der Waals surface area contributed by atoms with Gasteiger partial charge in [-0.05, 0) is 37.5 Å². The van der Waals surface area contributed by atoms with Crippen LogP contribution in [-0.4, -0.2) is 24.4 Å². The van der Waals surface area contributed by atoms with Gasteiger partial charge in [0, 0.05) is 23.7 Å². The molecule has 0 aliphatic carbocycles. The first-order valence-corrected chi connectivity index (χ1v) is 8.94. The number of anilines is 1. The van der Waals surface area contributed by atoms with Crippen LogP contribution in [0.2, 0.25) is 0 Å². The summed E-state index contributed by atoms with van der Waals surface area (Å²) < 4.78 is 27.6. The van der Waals surface area contributed by atoms with Crippen molar-refractivity contribution in [1.82, 2.24) is 5.32 Å². The molecule has 142 valence electrons. The summed E-state index contributed by atoms with van der Waals surface area (Å²) in [7, 11) is 0. The number of nitrogens with zero attached hydrogens (tertiary/aromatic N) is 1. The maximum atomic E-state index is 14.0. The van der Waals surface area contributed by atoms with E-state index in [1.807, 2.05) is 26.8 Å². The Bertz CT molecular complexity index is 896. The van der Waals surface area contributed by atoms with E-state index in [4.69, 9.17) is 0 Å². The molecule has 0 bridgehead atoms. The number of carbonyl (C=O) groups is 2. The number of amides is 2. The lowest BCUT2D eigenvalue weighted by atomic mass is 10.0. The van der Waals surface area contributed by atoms with Crippen molar-refractivity contribution < 1.29 is 18.4 Å². The van der Waals surface area contributed by atoms with Crippen LogP contribution in [0.25, 0.3) is 0 Å². The molecule has 4 nitrogen and oxygen atoms in total. The van der Waals surface area contributed by atoms with Crippen molar-refractivity contribution in [3.05, 3.63) is 64.7 Å². The zero-order chi connectivity index (χ0) is 19.7. The van der Waals surface area contributed by atoms with E-state index in [-0.39, 0.29) is 30.0 Å². The first kappa shape index (κ1) is 19.0. The van der Waals surface area contributed by atoms with Crippen LogP contribution in [0.4, 0.5) is 14.5 Å². The minimum Gasteiger partial charge on any atom is -0.340 e. The highest BCUT2D eigenvalue weighted by molar-refractivity contribution is 6.03. The van der Waals surface area contributed by atoms with Crippen molar-refractivity contribution in [1.29, 1.82) is 0 Å². The number of rotatable bonds is 4. The van der Waals surface area contributed by atoms with Crippen LogP contribution in [0.3, 0.4) is 0 Å². The minimum atomic E-state index is -0.796. The second-order valence-corrected chi connectivity index (χ2v) is 7.19. The van der Waals surface area contributed by atoms with Crippen LogP contribution in [0.1, 0.15) is 35.3 Å². The Kier molecular flexibility index (Phi) is 5.26. The molecule has 2 aromatic carbocycles. The first-order chi connectivity index (χ1) is 12.8. The summed E-state index contributed by atoms with van der Waals surface area (Å²) in [5, 5.41) is 2.78. The average Bonchev–Trinajstić information content (AvgIpc) is 3.02. The van der Waals surface area contributed by atoms with E-state index >= 15 is 0 Å². The molecule has 2 amide bonds. The van der Waals surface area contributed by atoms with E-state index in [9.17, 15) is 18.4 Å². The van der Waals surface area contributed by atoms with E-state index in [1.165, 1.54) is 11.0 Å². The molecule has 1 aliphatic rings. The van der Waals surface area contributed by atoms with Gasteiger partial charge in [0.25, 0.3) is 5.91 Å². The molecule has 1 unspecified atom stereocenters. The SMILES string of the molecule is Cc1cccc(C(=O)NC(C(=O)N2CCc3c(F)cc(F)cc32)C(C)C)c1. The lowest BCUT2D eigenvalue weighted by molar-refractivity contribution is -0.121. The van der Waals surface area contributed by atoms with E-state index in [0.717, 1.165) is 11.6 Å². The molecule has 0 aromatic heterocycles. The fourth-order valence-corrected chi connectivity index (χ4v) is 3.34. The molecule has 2 aromatic rings. The highest BCUT2D eigenvalue weighted by Crippen LogP contribution is 2.32. The Morgan fingerprint density at radius 3 is 2.56 bits per heavy atom. The zero-order valence-corrected chi connectivity index (χ0v) is 15.6. The van der Waals surface area contributed by atoms with Crippen molar-refractivity contribution in [3.63, 3.8) is 0 Å². The highest BCUT2D eigenvalue weighted by atomic mass is 19.1. The summed E-state index contributed by atoms with van der Waals surface area (Å²) in [6, 6.07) is 8.28. The molecule has 1 heterocycles. The van der Waals surface area contributed by atoms with Crippen LogP contribution in [0, 0.1) is 24.5 Å². The van der Waals surface area contributed by atoms with Crippen molar-refractivity contribution >= 4 is 17.5 Å². The number of benzene rings is 2. The molecule has 0 saturated carbocycles. The molecule has 0 spiro atoms. The van der Waals surface area contributed by atoms with E-state index in [1.54, 1.807) is 18.2 Å². The Labute approximate surface area is 157 Å². The van der Waals surface area contributed by atoms with Gasteiger partial charge in [-0.25, -0.2) is 8.78 Å². The van der Waals surface area contributed by atoms with Crippen LogP contribution in [0.15, 0.2) is 36.4 Å². The molecule has 1 aliphatic heterocycles. The van der Waals surface area contributed by atoms with Gasteiger partial charge in [-0.2, -0.15) is 0 Å². The fourth-order valence-electron chi connectivity index (χ4n) is 3.34. The molecule has 0 fully saturated rings. The summed E-state index contributed by atoms with van der Waals surface area (Å²) in [5.74, 6) is -2.28. The molecule has 27 heavy (non-hydrogen) atoms. The molecule has 1 N–H and O–H groups in total. The number of hydrogen-bond donors (Lipinski definition) is 1. The maximum Gasteiger partial charge on any atom is 0.251 e. The summed E-state index contributed by atoms with van der Waals surface area (Å²) >= 11 is 0. The largest absolute Gasteiger partial charge is 0.340 e. The predicted molar refractivity (Wildman–Crippen MR) is 99.7 cm³/mol. The van der Waals surface area contributed by atoms with Crippen molar-refractivity contribution in [2.75, 3.05) is 11.4 Å². The number of hydrogen-bond acceptors (Lipinski definition) is 2. The molecular formula is C21H22F2N2O2. The van der Waals surface area contributed by atoms with Gasteiger partial charge in [0.1, 0.15) is 17.7 Å². The Balaban J connectivity index is 1.85. The van der Waals surface area contributed by atoms with Crippen molar-refractivity contribution in [2.24, 2.45) is 5.92 Å². The lowest BCUT2D eigenvalue weighted by Crippen LogP contribution is -2.51. The standard InChI is InChI=1S/C21H22F2N2O2/c1-12(2)19(24-20(26)14-6-4-5-13(3)9-14)21(27)25-8-7-16-17(23)10-15(22)11-18(16)25/h4-6,9-12,19H,7-8H2,1-3H3,(H,24,26). The van der Waals surface area contributed by atoms with Crippen molar-refractivity contribution in [3.8, 4) is 0 Å². The van der Waals surface area contributed by atoms with Gasteiger partial charge in [0.15, 0.2) is 0 Å². The third kappa shape index (κ3) is 3.84. The molecular weight excluding hydrogens is 350 g/mol. The van der Waals surface area contributed by atoms with E-state index in [0.29, 0.717) is 17.5 Å². The second kappa shape index (κ2) is 7.47. The van der Waals surface area contributed by atoms with Gasteiger partial charge in [-0.1, -0.05) is 31.5 Å². The number of halogens is 2. The Hall–Kier alpha value is -2.76. The quantitative estimate of drug-likeness (QED) is 0.891. The van der Waals surface area contributed by atoms with Crippen LogP contribution in [-0.2, 0) is 11.2 Å². The van der Waals surface area contributed by atoms with Gasteiger partial charge in [0.05, 0.1) is 5.69 Å². The second-order valence-electron chi connectivity index (χ2n) is 7.19. The normalized spacial score (nSPS) is 14.2. The average molecular weight is 372 g/mol. The third-order valence-corrected chi connectivity index (χ3v) is 4.78. The van der Waals surface area contributed by atoms with Gasteiger partial charge in [-0.3, -0.25) is 9.59 Å². The van der Waals surface area contributed by atoms with Gasteiger partial charge in [-0.15, -0.1) is 0 Å². The minimum absolute atomic E-state index is 0.186. The highest BCUT2D eigenvalue weighted by Gasteiger charge is 2.34. The summed E-state index contributed by atoms with van der Waals surface area (Å²) in [6.45, 7) is 5.79. The first-order valence-electron chi connectivity index (χ1n) is 8.94. The lowest BCUT2D eigenvalue weighted by Gasteiger charge is -2.27. The number of carbonyl (C=O) groups excluding carboxylic acids is 2. The number of fused-ring (bicyclic) bond motifs is 1. The Morgan fingerprint density at radius 1 is 1.15 bits per heavy atom. The van der Waals surface area contributed by atoms with Crippen LogP contribution >= 0.6 is 0 Å². The third-order valence-electron chi connectivity index (χ3n) is 4.78. The van der Waals surface area contributed by atoms with E-state index < -0.39 is 17.7 Å². The van der Waals surface area contributed by atoms with Crippen molar-refractivity contribution in [2.45, 2.75) is 33.2 Å². The van der Waals surface area contributed by atoms with Crippen LogP contribution in [0.5, 0.6) is 0 Å². The molecule has 1 atom stereocenters. The summed E-state index contributed by atoms with van der Waals surface area (Å²) in [5.41, 5.74) is 1.98.